The Morgan fingerprint density at radius 3 is 2.35 bits per heavy atom. The highest BCUT2D eigenvalue weighted by Gasteiger charge is 2.26. The normalized spacial score (nSPS) is 18.3. The number of ether oxygens (including phenoxy) is 1. The molecule has 0 aromatic heterocycles. The molecule has 1 saturated carbocycles. The zero-order valence-corrected chi connectivity index (χ0v) is 15.5. The third-order valence-electron chi connectivity index (χ3n) is 4.53. The number of piperidine rings is 1. The molecule has 2 fully saturated rings. The zero-order chi connectivity index (χ0) is 18.6. The Hall–Kier alpha value is -1.93. The second-order valence-corrected chi connectivity index (χ2v) is 8.73. The molecule has 1 aliphatic carbocycles. The van der Waals surface area contributed by atoms with Crippen LogP contribution in [0.1, 0.15) is 37.7 Å². The van der Waals surface area contributed by atoms with Crippen LogP contribution in [0, 0.1) is 0 Å². The fourth-order valence-corrected chi connectivity index (χ4v) is 4.41. The number of sulfonamides is 1. The molecule has 2 aliphatic rings. The van der Waals surface area contributed by atoms with Gasteiger partial charge in [0.1, 0.15) is 0 Å². The van der Waals surface area contributed by atoms with Gasteiger partial charge < -0.3 is 10.1 Å². The van der Waals surface area contributed by atoms with Crippen molar-refractivity contribution >= 4 is 21.9 Å². The van der Waals surface area contributed by atoms with Gasteiger partial charge in [0.15, 0.2) is 6.61 Å². The summed E-state index contributed by atoms with van der Waals surface area (Å²) in [5.74, 6) is -0.800. The van der Waals surface area contributed by atoms with E-state index < -0.39 is 16.0 Å². The first kappa shape index (κ1) is 18.8. The maximum atomic E-state index is 12.6. The van der Waals surface area contributed by atoms with Crippen molar-refractivity contribution in [2.75, 3.05) is 19.7 Å². The largest absolute Gasteiger partial charge is 0.455 e. The molecule has 0 unspecified atom stereocenters. The first-order chi connectivity index (χ1) is 12.4. The van der Waals surface area contributed by atoms with Crippen molar-refractivity contribution < 1.29 is 22.7 Å². The van der Waals surface area contributed by atoms with Gasteiger partial charge in [-0.25, -0.2) is 8.42 Å². The van der Waals surface area contributed by atoms with Gasteiger partial charge in [-0.2, -0.15) is 4.31 Å². The molecule has 3 rings (SSSR count). The summed E-state index contributed by atoms with van der Waals surface area (Å²) in [6.07, 6.45) is 4.79. The van der Waals surface area contributed by atoms with Crippen molar-refractivity contribution in [1.29, 1.82) is 0 Å². The second-order valence-electron chi connectivity index (χ2n) is 6.79. The first-order valence-electron chi connectivity index (χ1n) is 8.99. The van der Waals surface area contributed by atoms with E-state index in [1.54, 1.807) is 12.1 Å². The maximum absolute atomic E-state index is 12.6. The molecule has 1 aromatic carbocycles. The number of hydrogen-bond donors (Lipinski definition) is 1. The molecule has 0 radical (unpaired) electrons. The van der Waals surface area contributed by atoms with E-state index in [9.17, 15) is 18.0 Å². The molecule has 1 aliphatic heterocycles. The van der Waals surface area contributed by atoms with Crippen LogP contribution in [-0.2, 0) is 30.8 Å². The quantitative estimate of drug-likeness (QED) is 0.718. The van der Waals surface area contributed by atoms with Gasteiger partial charge in [-0.3, -0.25) is 9.59 Å². The zero-order valence-electron chi connectivity index (χ0n) is 14.6. The Morgan fingerprint density at radius 2 is 1.73 bits per heavy atom. The smallest absolute Gasteiger partial charge is 0.310 e. The van der Waals surface area contributed by atoms with Gasteiger partial charge in [-0.05, 0) is 43.4 Å². The predicted octanol–water partition coefficient (Wildman–Crippen LogP) is 1.23. The predicted molar refractivity (Wildman–Crippen MR) is 94.9 cm³/mol. The van der Waals surface area contributed by atoms with Crippen LogP contribution < -0.4 is 5.32 Å². The molecule has 1 saturated heterocycles. The van der Waals surface area contributed by atoms with Crippen LogP contribution in [-0.4, -0.2) is 50.3 Å². The summed E-state index contributed by atoms with van der Waals surface area (Å²) < 4.78 is 31.6. The van der Waals surface area contributed by atoms with Crippen molar-refractivity contribution in [3.05, 3.63) is 29.8 Å². The summed E-state index contributed by atoms with van der Waals surface area (Å²) in [4.78, 5) is 23.6. The number of nitrogens with zero attached hydrogens (tertiary/aromatic N) is 1. The van der Waals surface area contributed by atoms with Crippen LogP contribution >= 0.6 is 0 Å². The number of benzene rings is 1. The van der Waals surface area contributed by atoms with Gasteiger partial charge in [0.05, 0.1) is 11.3 Å². The van der Waals surface area contributed by atoms with E-state index in [-0.39, 0.29) is 29.9 Å². The summed E-state index contributed by atoms with van der Waals surface area (Å²) in [6.45, 7) is 0.829. The lowest BCUT2D eigenvalue weighted by Gasteiger charge is -2.25. The lowest BCUT2D eigenvalue weighted by molar-refractivity contribution is -0.147. The summed E-state index contributed by atoms with van der Waals surface area (Å²) >= 11 is 0. The van der Waals surface area contributed by atoms with Gasteiger partial charge in [0.25, 0.3) is 5.91 Å². The summed E-state index contributed by atoms with van der Waals surface area (Å²) in [5.41, 5.74) is 0.648. The summed E-state index contributed by atoms with van der Waals surface area (Å²) in [7, 11) is -3.47. The Morgan fingerprint density at radius 1 is 1.08 bits per heavy atom. The van der Waals surface area contributed by atoms with Crippen LogP contribution in [0.25, 0.3) is 0 Å². The Kier molecular flexibility index (Phi) is 5.93. The number of amides is 1. The average Bonchev–Trinajstić information content (AvgIpc) is 3.45. The van der Waals surface area contributed by atoms with Crippen LogP contribution in [0.4, 0.5) is 0 Å². The summed E-state index contributed by atoms with van der Waals surface area (Å²) in [6, 6.07) is 6.50. The molecule has 1 aromatic rings. The number of hydrogen-bond acceptors (Lipinski definition) is 5. The number of rotatable bonds is 7. The number of nitrogens with one attached hydrogen (secondary N) is 1. The van der Waals surface area contributed by atoms with Crippen molar-refractivity contribution in [1.82, 2.24) is 9.62 Å². The molecule has 1 N–H and O–H groups in total. The highest BCUT2D eigenvalue weighted by atomic mass is 32.2. The molecular weight excluding hydrogens is 356 g/mol. The van der Waals surface area contributed by atoms with Crippen LogP contribution in [0.2, 0.25) is 0 Å². The van der Waals surface area contributed by atoms with Crippen molar-refractivity contribution in [2.45, 2.75) is 49.5 Å². The summed E-state index contributed by atoms with van der Waals surface area (Å²) in [5, 5.41) is 2.74. The number of carbonyl (C=O) groups is 2. The molecule has 1 amide bonds. The number of esters is 1. The Labute approximate surface area is 153 Å². The lowest BCUT2D eigenvalue weighted by atomic mass is 10.1. The van der Waals surface area contributed by atoms with E-state index >= 15 is 0 Å². The molecular formula is C18H24N2O5S. The molecule has 0 atom stereocenters. The first-order valence-corrected chi connectivity index (χ1v) is 10.4. The molecule has 142 valence electrons. The van der Waals surface area contributed by atoms with E-state index in [1.165, 1.54) is 16.4 Å². The molecule has 7 nitrogen and oxygen atoms in total. The van der Waals surface area contributed by atoms with Crippen molar-refractivity contribution in [3.8, 4) is 0 Å². The van der Waals surface area contributed by atoms with E-state index in [4.69, 9.17) is 4.74 Å². The van der Waals surface area contributed by atoms with Crippen molar-refractivity contribution in [3.63, 3.8) is 0 Å². The Balaban J connectivity index is 1.51. The fraction of sp³-hybridized carbons (Fsp3) is 0.556. The van der Waals surface area contributed by atoms with Crippen LogP contribution in [0.15, 0.2) is 29.2 Å². The maximum Gasteiger partial charge on any atom is 0.310 e. The molecule has 1 heterocycles. The third kappa shape index (κ3) is 5.04. The fourth-order valence-electron chi connectivity index (χ4n) is 2.89. The van der Waals surface area contributed by atoms with Gasteiger partial charge >= 0.3 is 5.97 Å². The molecule has 0 bridgehead atoms. The second kappa shape index (κ2) is 8.18. The Bertz CT molecular complexity index is 750. The highest BCUT2D eigenvalue weighted by Crippen LogP contribution is 2.21. The van der Waals surface area contributed by atoms with E-state index in [2.05, 4.69) is 5.32 Å². The van der Waals surface area contributed by atoms with Gasteiger partial charge in [0.2, 0.25) is 10.0 Å². The van der Waals surface area contributed by atoms with E-state index in [0.717, 1.165) is 32.1 Å². The third-order valence-corrected chi connectivity index (χ3v) is 6.44. The van der Waals surface area contributed by atoms with Crippen LogP contribution in [0.3, 0.4) is 0 Å². The van der Waals surface area contributed by atoms with Crippen LogP contribution in [0.5, 0.6) is 0 Å². The lowest BCUT2D eigenvalue weighted by Crippen LogP contribution is -2.35. The van der Waals surface area contributed by atoms with Gasteiger partial charge in [0, 0.05) is 19.1 Å². The van der Waals surface area contributed by atoms with Gasteiger partial charge in [-0.15, -0.1) is 0 Å². The minimum atomic E-state index is -3.47. The monoisotopic (exact) mass is 380 g/mol. The average molecular weight is 380 g/mol. The van der Waals surface area contributed by atoms with E-state index in [1.807, 2.05) is 0 Å². The number of carbonyl (C=O) groups excluding carboxylic acids is 2. The minimum Gasteiger partial charge on any atom is -0.455 e. The topological polar surface area (TPSA) is 92.8 Å². The molecule has 0 spiro atoms. The highest BCUT2D eigenvalue weighted by molar-refractivity contribution is 7.89. The molecule has 26 heavy (non-hydrogen) atoms. The minimum absolute atomic E-state index is 0.000745. The standard InChI is InChI=1S/C18H24N2O5S/c21-17(19-15-6-7-15)13-25-18(22)12-14-4-8-16(9-5-14)26(23,24)20-10-2-1-3-11-20/h4-5,8-9,15H,1-3,6-7,10-13H2,(H,19,21). The van der Waals surface area contributed by atoms with E-state index in [0.29, 0.717) is 18.7 Å². The molecule has 8 heteroatoms. The van der Waals surface area contributed by atoms with Gasteiger partial charge in [-0.1, -0.05) is 18.6 Å². The van der Waals surface area contributed by atoms with Crippen molar-refractivity contribution in [2.24, 2.45) is 0 Å². The SMILES string of the molecule is O=C(COC(=O)Cc1ccc(S(=O)(=O)N2CCCCC2)cc1)NC1CC1.